The van der Waals surface area contributed by atoms with E-state index in [-0.39, 0.29) is 12.4 Å². The number of hydrogen-bond acceptors (Lipinski definition) is 6. The van der Waals surface area contributed by atoms with E-state index in [1.165, 1.54) is 10.8 Å². The molecule has 224 valence electrons. The molecular weight excluding hydrogens is 524 g/mol. The third-order valence-corrected chi connectivity index (χ3v) is 6.79. The summed E-state index contributed by atoms with van der Waals surface area (Å²) in [5, 5.41) is 28.8. The van der Waals surface area contributed by atoms with Crippen molar-refractivity contribution >= 4 is 16.6 Å². The highest BCUT2D eigenvalue weighted by Gasteiger charge is 2.14. The molecule has 0 radical (unpaired) electrons. The Labute approximate surface area is 250 Å². The van der Waals surface area contributed by atoms with Gasteiger partial charge in [0.2, 0.25) is 0 Å². The SMILES string of the molecule is CC(C)NCC(O)c1ccc2ccccc2c1.CCCNCC(O)COc1ccccc1C(=O)CCc1ccccc1. The Morgan fingerprint density at radius 2 is 1.52 bits per heavy atom. The Morgan fingerprint density at radius 1 is 0.833 bits per heavy atom. The summed E-state index contributed by atoms with van der Waals surface area (Å²) >= 11 is 0. The van der Waals surface area contributed by atoms with Crippen LogP contribution in [-0.4, -0.2) is 54.4 Å². The Bertz CT molecular complexity index is 1340. The molecule has 0 fully saturated rings. The summed E-state index contributed by atoms with van der Waals surface area (Å²) in [5.74, 6) is 0.591. The molecule has 4 aromatic rings. The minimum absolute atomic E-state index is 0.0538. The number of Topliss-reactive ketones (excluding diaryl/α,β-unsaturated/α-hetero) is 1. The first-order valence-corrected chi connectivity index (χ1v) is 14.9. The van der Waals surface area contributed by atoms with Crippen molar-refractivity contribution in [3.63, 3.8) is 0 Å². The molecule has 0 aliphatic heterocycles. The number of hydrogen-bond donors (Lipinski definition) is 4. The molecule has 4 aromatic carbocycles. The fraction of sp³-hybridized carbons (Fsp3) is 0.361. The normalized spacial score (nSPS) is 12.4. The highest BCUT2D eigenvalue weighted by atomic mass is 16.5. The average molecular weight is 571 g/mol. The van der Waals surface area contributed by atoms with Crippen LogP contribution in [0.5, 0.6) is 5.75 Å². The third-order valence-electron chi connectivity index (χ3n) is 6.79. The first kappa shape index (κ1) is 33.0. The van der Waals surface area contributed by atoms with Crippen molar-refractivity contribution in [1.82, 2.24) is 10.6 Å². The van der Waals surface area contributed by atoms with E-state index < -0.39 is 12.2 Å². The summed E-state index contributed by atoms with van der Waals surface area (Å²) in [7, 11) is 0. The molecule has 0 heterocycles. The molecule has 0 amide bonds. The molecule has 0 spiro atoms. The van der Waals surface area contributed by atoms with Gasteiger partial charge in [0, 0.05) is 25.6 Å². The van der Waals surface area contributed by atoms with Gasteiger partial charge in [0.25, 0.3) is 0 Å². The molecule has 0 bridgehead atoms. The smallest absolute Gasteiger partial charge is 0.166 e. The van der Waals surface area contributed by atoms with Crippen LogP contribution in [0.4, 0.5) is 0 Å². The predicted octanol–water partition coefficient (Wildman–Crippen LogP) is 6.11. The van der Waals surface area contributed by atoms with Crippen molar-refractivity contribution in [2.24, 2.45) is 0 Å². The molecule has 2 unspecified atom stereocenters. The Kier molecular flexibility index (Phi) is 14.2. The zero-order chi connectivity index (χ0) is 30.2. The maximum absolute atomic E-state index is 12.5. The number of benzene rings is 4. The van der Waals surface area contributed by atoms with E-state index >= 15 is 0 Å². The van der Waals surface area contributed by atoms with Crippen LogP contribution in [-0.2, 0) is 6.42 Å². The van der Waals surface area contributed by atoms with Gasteiger partial charge in [0.05, 0.1) is 11.7 Å². The molecule has 6 heteroatoms. The summed E-state index contributed by atoms with van der Waals surface area (Å²) in [6.07, 6.45) is 1.12. The van der Waals surface area contributed by atoms with Crippen LogP contribution in [0.25, 0.3) is 10.8 Å². The number of para-hydroxylation sites is 1. The molecule has 0 saturated heterocycles. The highest BCUT2D eigenvalue weighted by Crippen LogP contribution is 2.21. The van der Waals surface area contributed by atoms with Gasteiger partial charge in [-0.05, 0) is 59.5 Å². The monoisotopic (exact) mass is 570 g/mol. The number of aliphatic hydroxyl groups is 2. The van der Waals surface area contributed by atoms with Crippen molar-refractivity contribution in [1.29, 1.82) is 0 Å². The van der Waals surface area contributed by atoms with Crippen molar-refractivity contribution in [3.8, 4) is 5.75 Å². The number of aryl methyl sites for hydroxylation is 1. The first-order valence-electron chi connectivity index (χ1n) is 14.9. The van der Waals surface area contributed by atoms with E-state index in [0.29, 0.717) is 43.3 Å². The topological polar surface area (TPSA) is 90.8 Å². The number of carbonyl (C=O) groups is 1. The van der Waals surface area contributed by atoms with Gasteiger partial charge in [0.1, 0.15) is 18.5 Å². The minimum atomic E-state index is -0.598. The van der Waals surface area contributed by atoms with Crippen molar-refractivity contribution in [2.45, 2.75) is 58.3 Å². The lowest BCUT2D eigenvalue weighted by atomic mass is 10.0. The molecule has 6 nitrogen and oxygen atoms in total. The van der Waals surface area contributed by atoms with Crippen LogP contribution >= 0.6 is 0 Å². The van der Waals surface area contributed by atoms with Crippen molar-refractivity contribution in [2.75, 3.05) is 26.2 Å². The van der Waals surface area contributed by atoms with E-state index in [9.17, 15) is 15.0 Å². The summed E-state index contributed by atoms with van der Waals surface area (Å²) in [6.45, 7) is 8.34. The molecule has 0 aromatic heterocycles. The average Bonchev–Trinajstić information content (AvgIpc) is 3.02. The van der Waals surface area contributed by atoms with Gasteiger partial charge in [-0.15, -0.1) is 0 Å². The number of fused-ring (bicyclic) bond motifs is 1. The van der Waals surface area contributed by atoms with Crippen LogP contribution in [0, 0.1) is 0 Å². The van der Waals surface area contributed by atoms with E-state index in [2.05, 4.69) is 55.7 Å². The Hall–Kier alpha value is -3.55. The van der Waals surface area contributed by atoms with Crippen LogP contribution in [0.2, 0.25) is 0 Å². The largest absolute Gasteiger partial charge is 0.490 e. The van der Waals surface area contributed by atoms with Gasteiger partial charge < -0.3 is 25.6 Å². The van der Waals surface area contributed by atoms with Crippen molar-refractivity contribution < 1.29 is 19.7 Å². The van der Waals surface area contributed by atoms with Gasteiger partial charge in [-0.25, -0.2) is 0 Å². The highest BCUT2D eigenvalue weighted by molar-refractivity contribution is 5.98. The predicted molar refractivity (Wildman–Crippen MR) is 172 cm³/mol. The second kappa shape index (κ2) is 18.1. The molecule has 0 aliphatic rings. The minimum Gasteiger partial charge on any atom is -0.490 e. The number of ether oxygens (including phenoxy) is 1. The van der Waals surface area contributed by atoms with Crippen molar-refractivity contribution in [3.05, 3.63) is 114 Å². The number of aliphatic hydroxyl groups excluding tert-OH is 2. The fourth-order valence-corrected chi connectivity index (χ4v) is 4.43. The first-order chi connectivity index (χ1) is 20.4. The van der Waals surface area contributed by atoms with E-state index in [1.54, 1.807) is 12.1 Å². The second-order valence-electron chi connectivity index (χ2n) is 10.8. The summed E-state index contributed by atoms with van der Waals surface area (Å²) < 4.78 is 5.69. The fourth-order valence-electron chi connectivity index (χ4n) is 4.43. The van der Waals surface area contributed by atoms with Gasteiger partial charge in [-0.2, -0.15) is 0 Å². The lowest BCUT2D eigenvalue weighted by molar-refractivity contribution is 0.0950. The van der Waals surface area contributed by atoms with Gasteiger partial charge in [0.15, 0.2) is 5.78 Å². The lowest BCUT2D eigenvalue weighted by Gasteiger charge is -2.15. The van der Waals surface area contributed by atoms with Crippen LogP contribution < -0.4 is 15.4 Å². The number of carbonyl (C=O) groups excluding carboxylic acids is 1. The van der Waals surface area contributed by atoms with Gasteiger partial charge in [-0.1, -0.05) is 99.6 Å². The van der Waals surface area contributed by atoms with E-state index in [0.717, 1.165) is 24.1 Å². The molecule has 0 saturated carbocycles. The van der Waals surface area contributed by atoms with E-state index in [4.69, 9.17) is 4.74 Å². The third kappa shape index (κ3) is 11.4. The summed E-state index contributed by atoms with van der Waals surface area (Å²) in [6, 6.07) is 31.9. The standard InChI is InChI=1S/C21H27NO3.C15H19NO/c1-2-14-22-15-18(23)16-25-21-11-7-6-10-19(21)20(24)13-12-17-8-4-3-5-9-17;1-11(2)16-10-15(17)14-8-7-12-5-3-4-6-13(12)9-14/h3-11,18,22-23H,2,12-16H2,1H3;3-9,11,15-17H,10H2,1-2H3. The molecule has 42 heavy (non-hydrogen) atoms. The quantitative estimate of drug-likeness (QED) is 0.102. The number of ketones is 1. The molecule has 4 rings (SSSR count). The van der Waals surface area contributed by atoms with Gasteiger partial charge >= 0.3 is 0 Å². The van der Waals surface area contributed by atoms with Gasteiger partial charge in [-0.3, -0.25) is 4.79 Å². The maximum atomic E-state index is 12.5. The molecule has 2 atom stereocenters. The van der Waals surface area contributed by atoms with Crippen LogP contribution in [0.15, 0.2) is 97.1 Å². The van der Waals surface area contributed by atoms with Crippen LogP contribution in [0.1, 0.15) is 61.2 Å². The van der Waals surface area contributed by atoms with E-state index in [1.807, 2.05) is 60.7 Å². The summed E-state index contributed by atoms with van der Waals surface area (Å²) in [4.78, 5) is 12.5. The zero-order valence-corrected chi connectivity index (χ0v) is 25.1. The molecular formula is C36H46N2O4. The zero-order valence-electron chi connectivity index (χ0n) is 25.1. The maximum Gasteiger partial charge on any atom is 0.166 e. The molecule has 0 aliphatic carbocycles. The summed E-state index contributed by atoms with van der Waals surface area (Å²) in [5.41, 5.74) is 2.69. The van der Waals surface area contributed by atoms with Crippen LogP contribution in [0.3, 0.4) is 0 Å². The molecule has 4 N–H and O–H groups in total. The lowest BCUT2D eigenvalue weighted by Crippen LogP contribution is -2.32. The second-order valence-corrected chi connectivity index (χ2v) is 10.8. The Morgan fingerprint density at radius 3 is 2.26 bits per heavy atom. The Balaban J connectivity index is 0.000000247. The number of nitrogens with one attached hydrogen (secondary N) is 2. The number of rotatable bonds is 15.